The highest BCUT2D eigenvalue weighted by molar-refractivity contribution is 5.93. The summed E-state index contributed by atoms with van der Waals surface area (Å²) in [5.74, 6) is -0.908. The van der Waals surface area contributed by atoms with Gasteiger partial charge in [-0.1, -0.05) is 24.3 Å². The Morgan fingerprint density at radius 3 is 2.60 bits per heavy atom. The highest BCUT2D eigenvalue weighted by Crippen LogP contribution is 2.20. The summed E-state index contributed by atoms with van der Waals surface area (Å²) in [6.07, 6.45) is 2.65. The molecule has 0 radical (unpaired) electrons. The van der Waals surface area contributed by atoms with Gasteiger partial charge in [0.2, 0.25) is 5.91 Å². The molecule has 0 spiro atoms. The molecular formula is C19H18FNO4. The van der Waals surface area contributed by atoms with E-state index in [1.807, 2.05) is 0 Å². The number of methoxy groups -OCH3 is 2. The van der Waals surface area contributed by atoms with Crippen molar-refractivity contribution >= 4 is 18.0 Å². The molecule has 0 saturated heterocycles. The molecule has 0 aliphatic rings. The lowest BCUT2D eigenvalue weighted by Crippen LogP contribution is -2.20. The van der Waals surface area contributed by atoms with E-state index in [4.69, 9.17) is 9.47 Å². The fourth-order valence-corrected chi connectivity index (χ4v) is 2.16. The molecule has 0 unspecified atom stereocenters. The lowest BCUT2D eigenvalue weighted by Gasteiger charge is -2.09. The van der Waals surface area contributed by atoms with Crippen LogP contribution >= 0.6 is 0 Å². The second-order valence-electron chi connectivity index (χ2n) is 5.10. The minimum atomic E-state index is -0.524. The topological polar surface area (TPSA) is 64.6 Å². The minimum Gasteiger partial charge on any atom is -0.496 e. The summed E-state index contributed by atoms with van der Waals surface area (Å²) in [4.78, 5) is 23.6. The molecule has 6 heteroatoms. The van der Waals surface area contributed by atoms with Crippen LogP contribution in [-0.2, 0) is 16.1 Å². The third-order valence-electron chi connectivity index (χ3n) is 3.46. The van der Waals surface area contributed by atoms with Gasteiger partial charge in [0.25, 0.3) is 0 Å². The molecule has 0 atom stereocenters. The zero-order valence-electron chi connectivity index (χ0n) is 13.9. The smallest absolute Gasteiger partial charge is 0.341 e. The van der Waals surface area contributed by atoms with Crippen molar-refractivity contribution in [2.24, 2.45) is 0 Å². The molecule has 2 rings (SSSR count). The average molecular weight is 343 g/mol. The molecule has 0 aliphatic carbocycles. The lowest BCUT2D eigenvalue weighted by molar-refractivity contribution is -0.116. The van der Waals surface area contributed by atoms with Crippen LogP contribution in [-0.4, -0.2) is 26.1 Å². The number of carbonyl (C=O) groups is 2. The fraction of sp³-hybridized carbons (Fsp3) is 0.158. The van der Waals surface area contributed by atoms with Crippen molar-refractivity contribution in [1.29, 1.82) is 0 Å². The van der Waals surface area contributed by atoms with Gasteiger partial charge in [-0.2, -0.15) is 0 Å². The number of hydrogen-bond donors (Lipinski definition) is 1. The zero-order chi connectivity index (χ0) is 18.2. The predicted octanol–water partition coefficient (Wildman–Crippen LogP) is 2.95. The van der Waals surface area contributed by atoms with E-state index >= 15 is 0 Å². The third kappa shape index (κ3) is 4.91. The van der Waals surface area contributed by atoms with Crippen molar-refractivity contribution in [2.45, 2.75) is 6.54 Å². The molecule has 1 amide bonds. The molecule has 0 saturated carbocycles. The van der Waals surface area contributed by atoms with Crippen molar-refractivity contribution in [3.63, 3.8) is 0 Å². The average Bonchev–Trinajstić information content (AvgIpc) is 2.64. The first-order valence-electron chi connectivity index (χ1n) is 7.51. The van der Waals surface area contributed by atoms with E-state index < -0.39 is 11.8 Å². The van der Waals surface area contributed by atoms with Crippen LogP contribution in [0.1, 0.15) is 21.5 Å². The molecule has 2 aromatic carbocycles. The molecule has 0 aliphatic heterocycles. The number of nitrogens with one attached hydrogen (secondary N) is 1. The van der Waals surface area contributed by atoms with Crippen molar-refractivity contribution in [2.75, 3.05) is 14.2 Å². The van der Waals surface area contributed by atoms with Crippen LogP contribution in [0, 0.1) is 5.82 Å². The molecule has 0 bridgehead atoms. The molecule has 0 aromatic heterocycles. The van der Waals surface area contributed by atoms with Crippen molar-refractivity contribution in [3.05, 3.63) is 71.0 Å². The highest BCUT2D eigenvalue weighted by atomic mass is 19.1. The Morgan fingerprint density at radius 1 is 1.16 bits per heavy atom. The van der Waals surface area contributed by atoms with E-state index in [-0.39, 0.29) is 18.0 Å². The monoisotopic (exact) mass is 343 g/mol. The molecule has 130 valence electrons. The highest BCUT2D eigenvalue weighted by Gasteiger charge is 2.13. The molecule has 25 heavy (non-hydrogen) atoms. The van der Waals surface area contributed by atoms with Gasteiger partial charge >= 0.3 is 5.97 Å². The van der Waals surface area contributed by atoms with E-state index in [1.54, 1.807) is 36.4 Å². The second kappa shape index (κ2) is 8.63. The summed E-state index contributed by atoms with van der Waals surface area (Å²) in [6.45, 7) is 0.203. The number of halogens is 1. The maximum Gasteiger partial charge on any atom is 0.341 e. The maximum atomic E-state index is 13.5. The van der Waals surface area contributed by atoms with Crippen molar-refractivity contribution in [1.82, 2.24) is 5.32 Å². The number of ether oxygens (including phenoxy) is 2. The molecule has 0 fully saturated rings. The molecule has 5 nitrogen and oxygen atoms in total. The van der Waals surface area contributed by atoms with Gasteiger partial charge in [-0.15, -0.1) is 0 Å². The Balaban J connectivity index is 2.02. The summed E-state index contributed by atoms with van der Waals surface area (Å²) in [7, 11) is 2.74. The van der Waals surface area contributed by atoms with Gasteiger partial charge in [0.15, 0.2) is 0 Å². The van der Waals surface area contributed by atoms with E-state index in [2.05, 4.69) is 5.32 Å². The molecule has 0 heterocycles. The van der Waals surface area contributed by atoms with Gasteiger partial charge in [-0.3, -0.25) is 4.79 Å². The first-order valence-corrected chi connectivity index (χ1v) is 7.51. The van der Waals surface area contributed by atoms with E-state index in [1.165, 1.54) is 32.4 Å². The van der Waals surface area contributed by atoms with Gasteiger partial charge in [0.1, 0.15) is 17.1 Å². The Labute approximate surface area is 145 Å². The normalized spacial score (nSPS) is 10.5. The summed E-state index contributed by atoms with van der Waals surface area (Å²) in [6, 6.07) is 11.1. The van der Waals surface area contributed by atoms with E-state index in [0.29, 0.717) is 16.9 Å². The summed E-state index contributed by atoms with van der Waals surface area (Å²) in [5, 5.41) is 2.67. The lowest BCUT2D eigenvalue weighted by atomic mass is 10.1. The Hall–Kier alpha value is -3.15. The SMILES string of the molecule is COC(=O)c1cc(CNC(=O)C=Cc2ccccc2F)ccc1OC. The first-order chi connectivity index (χ1) is 12.0. The fourth-order valence-electron chi connectivity index (χ4n) is 2.16. The van der Waals surface area contributed by atoms with Crippen LogP contribution in [0.15, 0.2) is 48.5 Å². The zero-order valence-corrected chi connectivity index (χ0v) is 13.9. The van der Waals surface area contributed by atoms with Crippen LogP contribution in [0.5, 0.6) is 5.75 Å². The van der Waals surface area contributed by atoms with Crippen molar-refractivity contribution < 1.29 is 23.5 Å². The first kappa shape index (κ1) is 18.2. The van der Waals surface area contributed by atoms with E-state index in [0.717, 1.165) is 0 Å². The predicted molar refractivity (Wildman–Crippen MR) is 91.6 cm³/mol. The van der Waals surface area contributed by atoms with Gasteiger partial charge in [-0.05, 0) is 29.8 Å². The summed E-state index contributed by atoms with van der Waals surface area (Å²) >= 11 is 0. The molecule has 2 aromatic rings. The van der Waals surface area contributed by atoms with Gasteiger partial charge in [0, 0.05) is 18.2 Å². The van der Waals surface area contributed by atoms with Crippen LogP contribution in [0.3, 0.4) is 0 Å². The number of benzene rings is 2. The van der Waals surface area contributed by atoms with Crippen LogP contribution in [0.4, 0.5) is 4.39 Å². The summed E-state index contributed by atoms with van der Waals surface area (Å²) in [5.41, 5.74) is 1.31. The number of carbonyl (C=O) groups excluding carboxylic acids is 2. The summed E-state index contributed by atoms with van der Waals surface area (Å²) < 4.78 is 23.3. The standard InChI is InChI=1S/C19H18FNO4/c1-24-17-9-7-13(11-15(17)19(23)25-2)12-21-18(22)10-8-14-5-3-4-6-16(14)20/h3-11H,12H2,1-2H3,(H,21,22). The largest absolute Gasteiger partial charge is 0.496 e. The number of hydrogen-bond acceptors (Lipinski definition) is 4. The molecule has 1 N–H and O–H groups in total. The number of esters is 1. The van der Waals surface area contributed by atoms with E-state index in [9.17, 15) is 14.0 Å². The third-order valence-corrected chi connectivity index (χ3v) is 3.46. The van der Waals surface area contributed by atoms with Crippen LogP contribution in [0.2, 0.25) is 0 Å². The van der Waals surface area contributed by atoms with Gasteiger partial charge < -0.3 is 14.8 Å². The van der Waals surface area contributed by atoms with Crippen LogP contribution < -0.4 is 10.1 Å². The minimum absolute atomic E-state index is 0.203. The number of amides is 1. The second-order valence-corrected chi connectivity index (χ2v) is 5.10. The number of rotatable bonds is 6. The van der Waals surface area contributed by atoms with Gasteiger partial charge in [0.05, 0.1) is 14.2 Å². The maximum absolute atomic E-state index is 13.5. The Morgan fingerprint density at radius 2 is 1.92 bits per heavy atom. The van der Waals surface area contributed by atoms with Gasteiger partial charge in [-0.25, -0.2) is 9.18 Å². The molecular weight excluding hydrogens is 325 g/mol. The van der Waals surface area contributed by atoms with Crippen LogP contribution in [0.25, 0.3) is 6.08 Å². The Bertz CT molecular complexity index is 802. The quantitative estimate of drug-likeness (QED) is 0.647. The van der Waals surface area contributed by atoms with Crippen molar-refractivity contribution in [3.8, 4) is 5.75 Å². The Kier molecular flexibility index (Phi) is 6.28.